The van der Waals surface area contributed by atoms with Crippen molar-refractivity contribution >= 4 is 0 Å². The predicted molar refractivity (Wildman–Crippen MR) is 70.8 cm³/mol. The van der Waals surface area contributed by atoms with Crippen molar-refractivity contribution in [3.8, 4) is 0 Å². The first-order chi connectivity index (χ1) is 8.34. The Morgan fingerprint density at radius 2 is 2.12 bits per heavy atom. The highest BCUT2D eigenvalue weighted by atomic mass is 15.2. The zero-order chi connectivity index (χ0) is 11.7. The number of hydrogen-bond acceptors (Lipinski definition) is 2. The number of nitrogens with one attached hydrogen (secondary N) is 1. The molecule has 0 aliphatic carbocycles. The number of benzene rings is 1. The average molecular weight is 230 g/mol. The monoisotopic (exact) mass is 230 g/mol. The van der Waals surface area contributed by atoms with E-state index in [4.69, 9.17) is 0 Å². The molecular formula is C15H22N2. The van der Waals surface area contributed by atoms with Crippen LogP contribution in [0.1, 0.15) is 25.3 Å². The van der Waals surface area contributed by atoms with E-state index in [-0.39, 0.29) is 0 Å². The molecule has 3 atom stereocenters. The molecule has 2 fully saturated rings. The molecule has 0 saturated carbocycles. The van der Waals surface area contributed by atoms with E-state index in [0.29, 0.717) is 0 Å². The van der Waals surface area contributed by atoms with Crippen molar-refractivity contribution in [3.63, 3.8) is 0 Å². The summed E-state index contributed by atoms with van der Waals surface area (Å²) >= 11 is 0. The molecule has 0 spiro atoms. The van der Waals surface area contributed by atoms with E-state index in [1.807, 2.05) is 0 Å². The van der Waals surface area contributed by atoms with Crippen molar-refractivity contribution in [1.29, 1.82) is 0 Å². The molecule has 0 amide bonds. The fraction of sp³-hybridized carbons (Fsp3) is 0.600. The van der Waals surface area contributed by atoms with E-state index >= 15 is 0 Å². The molecule has 3 rings (SSSR count). The molecule has 92 valence electrons. The zero-order valence-corrected chi connectivity index (χ0v) is 10.6. The molecule has 2 saturated heterocycles. The van der Waals surface area contributed by atoms with Gasteiger partial charge in [-0.2, -0.15) is 0 Å². The van der Waals surface area contributed by atoms with Gasteiger partial charge in [0.05, 0.1) is 0 Å². The standard InChI is InChI=1S/C15H22N2/c1-12-14-8-5-9-16-15(14)11-17(12)10-13-6-3-2-4-7-13/h2-4,6-7,12,14-16H,5,8-11H2,1H3. The maximum atomic E-state index is 3.69. The molecule has 1 N–H and O–H groups in total. The lowest BCUT2D eigenvalue weighted by Crippen LogP contribution is -2.41. The number of piperidine rings is 1. The summed E-state index contributed by atoms with van der Waals surface area (Å²) in [5, 5.41) is 3.69. The molecule has 0 radical (unpaired) electrons. The highest BCUT2D eigenvalue weighted by molar-refractivity contribution is 5.15. The summed E-state index contributed by atoms with van der Waals surface area (Å²) in [7, 11) is 0. The van der Waals surface area contributed by atoms with Crippen molar-refractivity contribution in [1.82, 2.24) is 10.2 Å². The summed E-state index contributed by atoms with van der Waals surface area (Å²) < 4.78 is 0. The number of nitrogens with zero attached hydrogens (tertiary/aromatic N) is 1. The lowest BCUT2D eigenvalue weighted by molar-refractivity contribution is 0.224. The van der Waals surface area contributed by atoms with Gasteiger partial charge in [0.1, 0.15) is 0 Å². The molecule has 1 aromatic carbocycles. The molecule has 0 bridgehead atoms. The molecule has 2 aliphatic heterocycles. The Hall–Kier alpha value is -0.860. The number of rotatable bonds is 2. The van der Waals surface area contributed by atoms with Crippen LogP contribution in [0.3, 0.4) is 0 Å². The van der Waals surface area contributed by atoms with Gasteiger partial charge in [0, 0.05) is 25.2 Å². The minimum Gasteiger partial charge on any atom is -0.312 e. The van der Waals surface area contributed by atoms with Crippen molar-refractivity contribution in [2.45, 2.75) is 38.4 Å². The van der Waals surface area contributed by atoms with E-state index in [9.17, 15) is 0 Å². The molecule has 3 unspecified atom stereocenters. The summed E-state index contributed by atoms with van der Waals surface area (Å²) in [6, 6.07) is 12.3. The van der Waals surface area contributed by atoms with Gasteiger partial charge in [0.2, 0.25) is 0 Å². The Morgan fingerprint density at radius 3 is 2.88 bits per heavy atom. The molecule has 2 heteroatoms. The molecule has 2 heterocycles. The smallest absolute Gasteiger partial charge is 0.0238 e. The van der Waals surface area contributed by atoms with Crippen LogP contribution in [0.25, 0.3) is 0 Å². The highest BCUT2D eigenvalue weighted by Crippen LogP contribution is 2.31. The minimum atomic E-state index is 0.730. The lowest BCUT2D eigenvalue weighted by Gasteiger charge is -2.28. The van der Waals surface area contributed by atoms with E-state index in [2.05, 4.69) is 47.5 Å². The van der Waals surface area contributed by atoms with Gasteiger partial charge >= 0.3 is 0 Å². The molecular weight excluding hydrogens is 208 g/mol. The normalized spacial score (nSPS) is 33.6. The summed E-state index contributed by atoms with van der Waals surface area (Å²) in [6.07, 6.45) is 2.76. The van der Waals surface area contributed by atoms with Crippen molar-refractivity contribution in [2.24, 2.45) is 5.92 Å². The third kappa shape index (κ3) is 2.24. The number of likely N-dealkylation sites (tertiary alicyclic amines) is 1. The molecule has 2 nitrogen and oxygen atoms in total. The first-order valence-corrected chi connectivity index (χ1v) is 6.86. The molecule has 2 aliphatic rings. The molecule has 0 aromatic heterocycles. The van der Waals surface area contributed by atoms with Crippen LogP contribution >= 0.6 is 0 Å². The van der Waals surface area contributed by atoms with Gasteiger partial charge in [-0.05, 0) is 37.8 Å². The van der Waals surface area contributed by atoms with Gasteiger partial charge in [-0.1, -0.05) is 30.3 Å². The first-order valence-electron chi connectivity index (χ1n) is 6.86. The molecule has 1 aromatic rings. The van der Waals surface area contributed by atoms with Crippen molar-refractivity contribution in [2.75, 3.05) is 13.1 Å². The Bertz CT molecular complexity index is 362. The van der Waals surface area contributed by atoms with Gasteiger partial charge in [-0.25, -0.2) is 0 Å². The quantitative estimate of drug-likeness (QED) is 0.838. The van der Waals surface area contributed by atoms with Crippen molar-refractivity contribution < 1.29 is 0 Å². The summed E-state index contributed by atoms with van der Waals surface area (Å²) in [5.74, 6) is 0.868. The predicted octanol–water partition coefficient (Wildman–Crippen LogP) is 2.26. The van der Waals surface area contributed by atoms with Gasteiger partial charge < -0.3 is 5.32 Å². The van der Waals surface area contributed by atoms with E-state index in [0.717, 1.165) is 24.5 Å². The third-order valence-corrected chi connectivity index (χ3v) is 4.49. The third-order valence-electron chi connectivity index (χ3n) is 4.49. The van der Waals surface area contributed by atoms with Gasteiger partial charge in [-0.15, -0.1) is 0 Å². The Labute approximate surface area is 104 Å². The van der Waals surface area contributed by atoms with Crippen LogP contribution in [0.15, 0.2) is 30.3 Å². The van der Waals surface area contributed by atoms with Crippen LogP contribution in [-0.4, -0.2) is 30.1 Å². The second kappa shape index (κ2) is 4.79. The lowest BCUT2D eigenvalue weighted by atomic mass is 9.89. The van der Waals surface area contributed by atoms with Crippen molar-refractivity contribution in [3.05, 3.63) is 35.9 Å². The second-order valence-corrected chi connectivity index (χ2v) is 5.52. The Balaban J connectivity index is 1.68. The van der Waals surface area contributed by atoms with E-state index in [1.54, 1.807) is 0 Å². The highest BCUT2D eigenvalue weighted by Gasteiger charge is 2.39. The largest absolute Gasteiger partial charge is 0.312 e. The first kappa shape index (κ1) is 11.2. The Morgan fingerprint density at radius 1 is 1.29 bits per heavy atom. The fourth-order valence-corrected chi connectivity index (χ4v) is 3.47. The minimum absolute atomic E-state index is 0.730. The average Bonchev–Trinajstić information content (AvgIpc) is 2.68. The summed E-state index contributed by atoms with van der Waals surface area (Å²) in [5.41, 5.74) is 1.44. The zero-order valence-electron chi connectivity index (χ0n) is 10.6. The van der Waals surface area contributed by atoms with Crippen LogP contribution in [0, 0.1) is 5.92 Å². The SMILES string of the molecule is CC1C2CCCNC2CN1Cc1ccccc1. The number of hydrogen-bond donors (Lipinski definition) is 1. The second-order valence-electron chi connectivity index (χ2n) is 5.52. The maximum Gasteiger partial charge on any atom is 0.0238 e. The van der Waals surface area contributed by atoms with Gasteiger partial charge in [0.25, 0.3) is 0 Å². The van der Waals surface area contributed by atoms with Gasteiger partial charge in [0.15, 0.2) is 0 Å². The topological polar surface area (TPSA) is 15.3 Å². The van der Waals surface area contributed by atoms with Crippen LogP contribution in [0.4, 0.5) is 0 Å². The van der Waals surface area contributed by atoms with Gasteiger partial charge in [-0.3, -0.25) is 4.90 Å². The van der Waals surface area contributed by atoms with E-state index in [1.165, 1.54) is 31.5 Å². The van der Waals surface area contributed by atoms with E-state index < -0.39 is 0 Å². The van der Waals surface area contributed by atoms with Crippen LogP contribution in [0.5, 0.6) is 0 Å². The number of fused-ring (bicyclic) bond motifs is 1. The summed E-state index contributed by atoms with van der Waals surface area (Å²) in [6.45, 7) is 5.95. The maximum absolute atomic E-state index is 3.69. The molecule has 17 heavy (non-hydrogen) atoms. The van der Waals surface area contributed by atoms with Crippen LogP contribution in [0.2, 0.25) is 0 Å². The Kier molecular flexibility index (Phi) is 3.17. The summed E-state index contributed by atoms with van der Waals surface area (Å²) in [4.78, 5) is 2.64. The van der Waals surface area contributed by atoms with Crippen LogP contribution < -0.4 is 5.32 Å². The van der Waals surface area contributed by atoms with Crippen LogP contribution in [-0.2, 0) is 6.54 Å². The fourth-order valence-electron chi connectivity index (χ4n) is 3.47.